The van der Waals surface area contributed by atoms with E-state index in [1.165, 1.54) is 6.20 Å². The molecule has 6 heteroatoms. The summed E-state index contributed by atoms with van der Waals surface area (Å²) in [5.41, 5.74) is 1.47. The molecule has 0 unspecified atom stereocenters. The van der Waals surface area contributed by atoms with E-state index in [0.717, 1.165) is 5.56 Å². The molecular formula is C13H10N4O2. The Bertz CT molecular complexity index is 682. The van der Waals surface area contributed by atoms with E-state index in [4.69, 9.17) is 4.52 Å². The Labute approximate surface area is 108 Å². The molecule has 0 atom stereocenters. The zero-order valence-corrected chi connectivity index (χ0v) is 9.89. The molecule has 0 radical (unpaired) electrons. The van der Waals surface area contributed by atoms with Crippen molar-refractivity contribution < 1.29 is 9.63 Å². The molecule has 3 aromatic rings. The fourth-order valence-corrected chi connectivity index (χ4v) is 1.69. The smallest absolute Gasteiger partial charge is 0.261 e. The highest BCUT2D eigenvalue weighted by Crippen LogP contribution is 2.26. The highest BCUT2D eigenvalue weighted by atomic mass is 16.5. The summed E-state index contributed by atoms with van der Waals surface area (Å²) < 4.78 is 5.13. The van der Waals surface area contributed by atoms with Crippen molar-refractivity contribution in [3.8, 4) is 17.2 Å². The quantitative estimate of drug-likeness (QED) is 0.767. The predicted octanol–water partition coefficient (Wildman–Crippen LogP) is 1.82. The molecule has 19 heavy (non-hydrogen) atoms. The maximum atomic E-state index is 9.66. The minimum atomic E-state index is 0.0130. The van der Waals surface area contributed by atoms with Gasteiger partial charge in [-0.1, -0.05) is 11.2 Å². The lowest BCUT2D eigenvalue weighted by molar-refractivity contribution is 0.418. The van der Waals surface area contributed by atoms with Crippen LogP contribution in [0.1, 0.15) is 11.4 Å². The lowest BCUT2D eigenvalue weighted by atomic mass is 10.2. The summed E-state index contributed by atoms with van der Waals surface area (Å²) in [6, 6.07) is 5.41. The molecule has 94 valence electrons. The molecule has 0 amide bonds. The highest BCUT2D eigenvalue weighted by molar-refractivity contribution is 5.60. The Morgan fingerprint density at radius 3 is 2.79 bits per heavy atom. The molecule has 0 aromatic carbocycles. The van der Waals surface area contributed by atoms with E-state index in [2.05, 4.69) is 20.1 Å². The summed E-state index contributed by atoms with van der Waals surface area (Å²) in [4.78, 5) is 12.1. The summed E-state index contributed by atoms with van der Waals surface area (Å²) in [6.45, 7) is 0. The zero-order chi connectivity index (χ0) is 13.1. The molecule has 0 saturated heterocycles. The number of pyridine rings is 2. The average Bonchev–Trinajstić information content (AvgIpc) is 2.89. The molecule has 3 heterocycles. The summed E-state index contributed by atoms with van der Waals surface area (Å²) in [7, 11) is 0. The molecule has 0 spiro atoms. The van der Waals surface area contributed by atoms with E-state index in [-0.39, 0.29) is 11.6 Å². The monoisotopic (exact) mass is 254 g/mol. The van der Waals surface area contributed by atoms with Crippen molar-refractivity contribution in [1.29, 1.82) is 0 Å². The third-order valence-corrected chi connectivity index (χ3v) is 2.58. The van der Waals surface area contributed by atoms with Crippen molar-refractivity contribution in [2.75, 3.05) is 0 Å². The van der Waals surface area contributed by atoms with Gasteiger partial charge in [0.2, 0.25) is 0 Å². The lowest BCUT2D eigenvalue weighted by Gasteiger charge is -1.96. The Hall–Kier alpha value is -2.76. The number of hydrogen-bond acceptors (Lipinski definition) is 6. The Morgan fingerprint density at radius 1 is 1.11 bits per heavy atom. The van der Waals surface area contributed by atoms with Crippen LogP contribution < -0.4 is 0 Å². The lowest BCUT2D eigenvalue weighted by Crippen LogP contribution is -1.91. The number of aromatic hydroxyl groups is 1. The van der Waals surface area contributed by atoms with Gasteiger partial charge in [-0.3, -0.25) is 9.97 Å². The van der Waals surface area contributed by atoms with Gasteiger partial charge < -0.3 is 9.63 Å². The molecular weight excluding hydrogens is 244 g/mol. The first kappa shape index (κ1) is 11.3. The van der Waals surface area contributed by atoms with Crippen molar-refractivity contribution >= 4 is 0 Å². The first-order valence-corrected chi connectivity index (χ1v) is 5.68. The van der Waals surface area contributed by atoms with Crippen molar-refractivity contribution in [3.63, 3.8) is 0 Å². The maximum Gasteiger partial charge on any atom is 0.261 e. The van der Waals surface area contributed by atoms with Gasteiger partial charge in [-0.05, 0) is 17.7 Å². The molecule has 0 bridgehead atoms. The van der Waals surface area contributed by atoms with Gasteiger partial charge in [0.15, 0.2) is 5.82 Å². The first-order chi connectivity index (χ1) is 9.33. The van der Waals surface area contributed by atoms with Crippen LogP contribution in [0.3, 0.4) is 0 Å². The number of nitrogens with zero attached hydrogens (tertiary/aromatic N) is 4. The van der Waals surface area contributed by atoms with Gasteiger partial charge in [-0.15, -0.1) is 0 Å². The van der Waals surface area contributed by atoms with Gasteiger partial charge in [-0.25, -0.2) is 0 Å². The second-order valence-corrected chi connectivity index (χ2v) is 3.95. The van der Waals surface area contributed by atoms with E-state index in [9.17, 15) is 5.11 Å². The predicted molar refractivity (Wildman–Crippen MR) is 66.2 cm³/mol. The second-order valence-electron chi connectivity index (χ2n) is 3.95. The normalized spacial score (nSPS) is 10.5. The standard InChI is InChI=1S/C13H10N4O2/c18-11-8-15-5-3-10(11)13-16-12(17-19-13)6-9-2-1-4-14-7-9/h1-5,7-8,18H,6H2. The van der Waals surface area contributed by atoms with Crippen LogP contribution in [0.15, 0.2) is 47.5 Å². The fourth-order valence-electron chi connectivity index (χ4n) is 1.69. The van der Waals surface area contributed by atoms with Gasteiger partial charge in [0.25, 0.3) is 5.89 Å². The van der Waals surface area contributed by atoms with E-state index in [1.54, 1.807) is 24.7 Å². The molecule has 3 aromatic heterocycles. The van der Waals surface area contributed by atoms with Gasteiger partial charge in [0.1, 0.15) is 5.75 Å². The van der Waals surface area contributed by atoms with Crippen LogP contribution in [0.25, 0.3) is 11.5 Å². The largest absolute Gasteiger partial charge is 0.505 e. The van der Waals surface area contributed by atoms with Gasteiger partial charge in [-0.2, -0.15) is 4.98 Å². The molecule has 1 N–H and O–H groups in total. The van der Waals surface area contributed by atoms with Crippen LogP contribution in [-0.4, -0.2) is 25.2 Å². The fraction of sp³-hybridized carbons (Fsp3) is 0.0769. The average molecular weight is 254 g/mol. The summed E-state index contributed by atoms with van der Waals surface area (Å²) in [6.07, 6.45) is 6.88. The topological polar surface area (TPSA) is 84.9 Å². The number of aromatic nitrogens is 4. The zero-order valence-electron chi connectivity index (χ0n) is 9.89. The Morgan fingerprint density at radius 2 is 2.00 bits per heavy atom. The third-order valence-electron chi connectivity index (χ3n) is 2.58. The van der Waals surface area contributed by atoms with Crippen LogP contribution in [0.4, 0.5) is 0 Å². The van der Waals surface area contributed by atoms with E-state index < -0.39 is 0 Å². The van der Waals surface area contributed by atoms with Crippen LogP contribution in [0.2, 0.25) is 0 Å². The van der Waals surface area contributed by atoms with Crippen LogP contribution >= 0.6 is 0 Å². The Balaban J connectivity index is 1.86. The summed E-state index contributed by atoms with van der Waals surface area (Å²) in [5, 5.41) is 13.5. The third kappa shape index (κ3) is 2.42. The van der Waals surface area contributed by atoms with E-state index >= 15 is 0 Å². The van der Waals surface area contributed by atoms with Gasteiger partial charge in [0.05, 0.1) is 11.8 Å². The molecule has 0 aliphatic rings. The van der Waals surface area contributed by atoms with Crippen LogP contribution in [-0.2, 0) is 6.42 Å². The maximum absolute atomic E-state index is 9.66. The van der Waals surface area contributed by atoms with Crippen molar-refractivity contribution in [2.24, 2.45) is 0 Å². The second kappa shape index (κ2) is 4.85. The van der Waals surface area contributed by atoms with Crippen molar-refractivity contribution in [2.45, 2.75) is 6.42 Å². The molecule has 0 aliphatic carbocycles. The first-order valence-electron chi connectivity index (χ1n) is 5.68. The Kier molecular flexibility index (Phi) is 2.89. The summed E-state index contributed by atoms with van der Waals surface area (Å²) >= 11 is 0. The van der Waals surface area contributed by atoms with Crippen LogP contribution in [0, 0.1) is 0 Å². The molecule has 6 nitrogen and oxygen atoms in total. The number of rotatable bonds is 3. The van der Waals surface area contributed by atoms with Crippen molar-refractivity contribution in [3.05, 3.63) is 54.4 Å². The molecule has 3 rings (SSSR count). The van der Waals surface area contributed by atoms with Crippen molar-refractivity contribution in [1.82, 2.24) is 20.1 Å². The minimum absolute atomic E-state index is 0.0130. The highest BCUT2D eigenvalue weighted by Gasteiger charge is 2.12. The van der Waals surface area contributed by atoms with Gasteiger partial charge in [0, 0.05) is 25.0 Å². The SMILES string of the molecule is Oc1cnccc1-c1nc(Cc2cccnc2)no1. The minimum Gasteiger partial charge on any atom is -0.505 e. The molecule has 0 fully saturated rings. The molecule has 0 aliphatic heterocycles. The van der Waals surface area contributed by atoms with Crippen LogP contribution in [0.5, 0.6) is 5.75 Å². The molecule has 0 saturated carbocycles. The number of hydrogen-bond donors (Lipinski definition) is 1. The summed E-state index contributed by atoms with van der Waals surface area (Å²) in [5.74, 6) is 0.831. The van der Waals surface area contributed by atoms with E-state index in [0.29, 0.717) is 17.8 Å². The van der Waals surface area contributed by atoms with E-state index in [1.807, 2.05) is 12.1 Å². The van der Waals surface area contributed by atoms with Gasteiger partial charge >= 0.3 is 0 Å².